The largest absolute Gasteiger partial charge is 0.493 e. The van der Waals surface area contributed by atoms with Gasteiger partial charge in [0, 0.05) is 29.9 Å². The second-order valence-corrected chi connectivity index (χ2v) is 8.88. The molecule has 4 aromatic rings. The van der Waals surface area contributed by atoms with Crippen molar-refractivity contribution in [3.05, 3.63) is 66.0 Å². The third-order valence-electron chi connectivity index (χ3n) is 6.23. The normalized spacial score (nSPS) is 20.1. The monoisotopic (exact) mass is 429 g/mol. The first-order valence-electron chi connectivity index (χ1n) is 10.7. The van der Waals surface area contributed by atoms with Crippen LogP contribution < -0.4 is 4.74 Å². The minimum atomic E-state index is -1.09. The van der Waals surface area contributed by atoms with Gasteiger partial charge in [-0.05, 0) is 32.0 Å². The van der Waals surface area contributed by atoms with Crippen LogP contribution in [0.1, 0.15) is 37.5 Å². The van der Waals surface area contributed by atoms with Gasteiger partial charge < -0.3 is 14.6 Å². The lowest BCUT2D eigenvalue weighted by molar-refractivity contribution is 0.00399. The maximum Gasteiger partial charge on any atom is 0.161 e. The molecule has 8 heteroatoms. The Morgan fingerprint density at radius 1 is 1.06 bits per heavy atom. The summed E-state index contributed by atoms with van der Waals surface area (Å²) in [5, 5.41) is 10.1. The molecule has 0 amide bonds. The van der Waals surface area contributed by atoms with Crippen LogP contribution in [0.15, 0.2) is 48.8 Å². The Labute approximate surface area is 184 Å². The Morgan fingerprint density at radius 2 is 1.88 bits per heavy atom. The molecule has 1 atom stereocenters. The predicted octanol–water partition coefficient (Wildman–Crippen LogP) is 3.17. The first kappa shape index (κ1) is 19.3. The zero-order chi connectivity index (χ0) is 21.9. The molecule has 0 saturated heterocycles. The van der Waals surface area contributed by atoms with Gasteiger partial charge in [0.25, 0.3) is 0 Å². The molecule has 32 heavy (non-hydrogen) atoms. The van der Waals surface area contributed by atoms with Crippen molar-refractivity contribution in [3.8, 4) is 17.0 Å². The van der Waals surface area contributed by atoms with Crippen molar-refractivity contribution in [3.63, 3.8) is 0 Å². The lowest BCUT2D eigenvalue weighted by Gasteiger charge is -2.43. The summed E-state index contributed by atoms with van der Waals surface area (Å²) >= 11 is 0. The number of aliphatic hydroxyl groups is 1. The number of aromatic nitrogens is 5. The number of pyridine rings is 1. The van der Waals surface area contributed by atoms with Gasteiger partial charge in [-0.1, -0.05) is 18.2 Å². The van der Waals surface area contributed by atoms with E-state index in [1.165, 1.54) is 0 Å². The molecule has 1 aromatic carbocycles. The van der Waals surface area contributed by atoms with E-state index < -0.39 is 11.1 Å². The van der Waals surface area contributed by atoms with Crippen LogP contribution in [0.3, 0.4) is 0 Å². The Morgan fingerprint density at radius 3 is 2.69 bits per heavy atom. The van der Waals surface area contributed by atoms with Crippen LogP contribution in [-0.4, -0.2) is 42.8 Å². The number of imidazole rings is 1. The van der Waals surface area contributed by atoms with Crippen LogP contribution in [0.2, 0.25) is 0 Å². The molecule has 0 saturated carbocycles. The minimum Gasteiger partial charge on any atom is -0.493 e. The van der Waals surface area contributed by atoms with Crippen LogP contribution >= 0.6 is 0 Å². The van der Waals surface area contributed by atoms with Gasteiger partial charge in [-0.25, -0.2) is 19.9 Å². The Balaban J connectivity index is 1.52. The van der Waals surface area contributed by atoms with E-state index in [2.05, 4.69) is 20.6 Å². The van der Waals surface area contributed by atoms with Crippen LogP contribution in [0, 0.1) is 0 Å². The number of benzene rings is 1. The first-order valence-corrected chi connectivity index (χ1v) is 10.7. The van der Waals surface area contributed by atoms with E-state index >= 15 is 0 Å². The van der Waals surface area contributed by atoms with Crippen LogP contribution in [0.25, 0.3) is 22.4 Å². The van der Waals surface area contributed by atoms with E-state index in [1.54, 1.807) is 26.2 Å². The average molecular weight is 429 g/mol. The number of rotatable bonds is 2. The predicted molar refractivity (Wildman–Crippen MR) is 117 cm³/mol. The zero-order valence-electron chi connectivity index (χ0n) is 17.9. The number of ether oxygens (including phenoxy) is 2. The molecular weight excluding hydrogens is 406 g/mol. The van der Waals surface area contributed by atoms with Crippen molar-refractivity contribution in [2.75, 3.05) is 13.2 Å². The van der Waals surface area contributed by atoms with Gasteiger partial charge in [-0.2, -0.15) is 0 Å². The highest BCUT2D eigenvalue weighted by atomic mass is 16.5. The first-order chi connectivity index (χ1) is 15.5. The van der Waals surface area contributed by atoms with Crippen molar-refractivity contribution < 1.29 is 14.6 Å². The highest BCUT2D eigenvalue weighted by Crippen LogP contribution is 2.44. The molecule has 0 bridgehead atoms. The summed E-state index contributed by atoms with van der Waals surface area (Å²) in [6.07, 6.45) is 4.17. The molecule has 2 aliphatic heterocycles. The van der Waals surface area contributed by atoms with Crippen LogP contribution in [-0.2, 0) is 22.5 Å². The Bertz CT molecular complexity index is 1320. The number of hydrogen-bond donors (Lipinski definition) is 1. The molecular formula is C24H23N5O3. The summed E-state index contributed by atoms with van der Waals surface area (Å²) in [6.45, 7) is 4.92. The molecule has 162 valence electrons. The van der Waals surface area contributed by atoms with Gasteiger partial charge in [0.1, 0.15) is 34.8 Å². The number of nitrogens with zero attached hydrogens (tertiary/aromatic N) is 5. The van der Waals surface area contributed by atoms with Gasteiger partial charge in [0.15, 0.2) is 11.5 Å². The van der Waals surface area contributed by atoms with Gasteiger partial charge >= 0.3 is 0 Å². The van der Waals surface area contributed by atoms with Crippen molar-refractivity contribution in [1.29, 1.82) is 0 Å². The number of para-hydroxylation sites is 1. The maximum atomic E-state index is 10.1. The van der Waals surface area contributed by atoms with E-state index in [-0.39, 0.29) is 0 Å². The fourth-order valence-electron chi connectivity index (χ4n) is 4.69. The third kappa shape index (κ3) is 2.83. The van der Waals surface area contributed by atoms with Gasteiger partial charge in [0.2, 0.25) is 0 Å². The molecule has 1 unspecified atom stereocenters. The SMILES string of the molecule is CC(C)(O)c1ncc(-c2ccc3nc4n(c3n2)C2(CCOc3ccccc32)COC4)cn1. The summed E-state index contributed by atoms with van der Waals surface area (Å²) in [7, 11) is 0. The summed E-state index contributed by atoms with van der Waals surface area (Å²) < 4.78 is 14.2. The minimum absolute atomic E-state index is 0.374. The van der Waals surface area contributed by atoms with Gasteiger partial charge in [0.05, 0.1) is 18.9 Å². The van der Waals surface area contributed by atoms with E-state index in [9.17, 15) is 5.11 Å². The molecule has 6 rings (SSSR count). The fourth-order valence-corrected chi connectivity index (χ4v) is 4.69. The van der Waals surface area contributed by atoms with E-state index in [4.69, 9.17) is 19.4 Å². The van der Waals surface area contributed by atoms with Gasteiger partial charge in [-0.15, -0.1) is 0 Å². The number of fused-ring (bicyclic) bond motifs is 6. The lowest BCUT2D eigenvalue weighted by atomic mass is 9.84. The van der Waals surface area contributed by atoms with Crippen molar-refractivity contribution in [1.82, 2.24) is 24.5 Å². The maximum absolute atomic E-state index is 10.1. The average Bonchev–Trinajstić information content (AvgIpc) is 3.18. The topological polar surface area (TPSA) is 95.2 Å². The second kappa shape index (κ2) is 6.82. The highest BCUT2D eigenvalue weighted by Gasteiger charge is 2.44. The molecule has 0 fully saturated rings. The van der Waals surface area contributed by atoms with Crippen molar-refractivity contribution >= 4 is 11.2 Å². The van der Waals surface area contributed by atoms with Crippen LogP contribution in [0.5, 0.6) is 5.75 Å². The standard InChI is InChI=1S/C24H23N5O3/c1-23(2,30)22-25-11-15(12-26-22)17-7-8-18-21(28-17)29-20(27-18)13-31-14-24(29)9-10-32-19-6-4-3-5-16(19)24/h3-8,11-12,30H,9-10,13-14H2,1-2H3. The molecule has 2 aliphatic rings. The second-order valence-electron chi connectivity index (χ2n) is 8.88. The fraction of sp³-hybridized carbons (Fsp3) is 0.333. The summed E-state index contributed by atoms with van der Waals surface area (Å²) in [6, 6.07) is 12.0. The molecule has 3 aromatic heterocycles. The summed E-state index contributed by atoms with van der Waals surface area (Å²) in [5.74, 6) is 2.11. The molecule has 5 heterocycles. The molecule has 0 radical (unpaired) electrons. The van der Waals surface area contributed by atoms with Crippen molar-refractivity contribution in [2.45, 2.75) is 38.0 Å². The quantitative estimate of drug-likeness (QED) is 0.523. The summed E-state index contributed by atoms with van der Waals surface area (Å²) in [4.78, 5) is 18.5. The Hall–Kier alpha value is -3.36. The summed E-state index contributed by atoms with van der Waals surface area (Å²) in [5.41, 5.74) is 2.76. The van der Waals surface area contributed by atoms with Crippen molar-refractivity contribution in [2.24, 2.45) is 0 Å². The van der Waals surface area contributed by atoms with E-state index in [0.29, 0.717) is 25.6 Å². The van der Waals surface area contributed by atoms with Crippen LogP contribution in [0.4, 0.5) is 0 Å². The molecule has 1 spiro atoms. The molecule has 1 N–H and O–H groups in total. The number of hydrogen-bond acceptors (Lipinski definition) is 7. The third-order valence-corrected chi connectivity index (χ3v) is 6.23. The van der Waals surface area contributed by atoms with Gasteiger partial charge in [-0.3, -0.25) is 4.57 Å². The smallest absolute Gasteiger partial charge is 0.161 e. The van der Waals surface area contributed by atoms with E-state index in [1.807, 2.05) is 30.3 Å². The molecule has 0 aliphatic carbocycles. The van der Waals surface area contributed by atoms with E-state index in [0.717, 1.165) is 46.0 Å². The zero-order valence-corrected chi connectivity index (χ0v) is 17.9. The lowest BCUT2D eigenvalue weighted by Crippen LogP contribution is -2.47. The highest BCUT2D eigenvalue weighted by molar-refractivity contribution is 5.77. The Kier molecular flexibility index (Phi) is 4.12. The molecule has 8 nitrogen and oxygen atoms in total.